The van der Waals surface area contributed by atoms with Crippen LogP contribution in [-0.2, 0) is 9.59 Å². The Kier molecular flexibility index (Phi) is 8.11. The summed E-state index contributed by atoms with van der Waals surface area (Å²) < 4.78 is 29.4. The lowest BCUT2D eigenvalue weighted by Gasteiger charge is -2.42. The van der Waals surface area contributed by atoms with Gasteiger partial charge < -0.3 is 31.9 Å². The first-order chi connectivity index (χ1) is 17.1. The smallest absolute Gasteiger partial charge is 0.232 e. The summed E-state index contributed by atoms with van der Waals surface area (Å²) in [5.74, 6) is -1.67. The van der Waals surface area contributed by atoms with Crippen molar-refractivity contribution >= 4 is 18.0 Å². The van der Waals surface area contributed by atoms with Crippen molar-refractivity contribution in [3.8, 4) is 0 Å². The summed E-state index contributed by atoms with van der Waals surface area (Å²) in [6, 6.07) is -0.564. The molecule has 2 fully saturated rings. The van der Waals surface area contributed by atoms with E-state index in [9.17, 15) is 14.0 Å². The van der Waals surface area contributed by atoms with Crippen molar-refractivity contribution in [3.05, 3.63) is 23.3 Å². The maximum Gasteiger partial charge on any atom is 0.232 e. The predicted octanol–water partition coefficient (Wildman–Crippen LogP) is 0.925. The average Bonchev–Trinajstić information content (AvgIpc) is 3.20. The van der Waals surface area contributed by atoms with E-state index in [4.69, 9.17) is 11.5 Å². The minimum Gasteiger partial charge on any atom is -0.367 e. The number of amides is 2. The molecule has 2 saturated heterocycles. The molecule has 5 atom stereocenters. The number of aliphatic imine (C=N–C) groups is 1. The average molecular weight is 508 g/mol. The van der Waals surface area contributed by atoms with Gasteiger partial charge in [0.05, 0.1) is 35.7 Å². The predicted molar refractivity (Wildman–Crippen MR) is 134 cm³/mol. The third-order valence-electron chi connectivity index (χ3n) is 8.21. The number of hydrogen-bond acceptors (Lipinski definition) is 7. The Morgan fingerprint density at radius 2 is 2.17 bits per heavy atom. The minimum atomic E-state index is -1.30. The van der Waals surface area contributed by atoms with Gasteiger partial charge in [0.2, 0.25) is 11.8 Å². The molecule has 200 valence electrons. The summed E-state index contributed by atoms with van der Waals surface area (Å²) in [6.07, 6.45) is 3.40. The van der Waals surface area contributed by atoms with Gasteiger partial charge in [0.15, 0.2) is 6.17 Å². The molecule has 0 aliphatic carbocycles. The monoisotopic (exact) mass is 507 g/mol. The Bertz CT molecular complexity index is 953. The fourth-order valence-electron chi connectivity index (χ4n) is 5.83. The molecule has 0 radical (unpaired) electrons. The van der Waals surface area contributed by atoms with Crippen molar-refractivity contribution in [2.45, 2.75) is 70.4 Å². The van der Waals surface area contributed by atoms with E-state index in [1.54, 1.807) is 0 Å². The van der Waals surface area contributed by atoms with Gasteiger partial charge in [-0.05, 0) is 30.8 Å². The Morgan fingerprint density at radius 3 is 2.89 bits per heavy atom. The van der Waals surface area contributed by atoms with E-state index in [-0.39, 0.29) is 30.5 Å². The zero-order valence-corrected chi connectivity index (χ0v) is 21.2. The molecular formula is C25H39F2N7O2. The van der Waals surface area contributed by atoms with Crippen LogP contribution < -0.4 is 22.1 Å². The molecule has 4 aliphatic heterocycles. The lowest BCUT2D eigenvalue weighted by atomic mass is 9.74. The third kappa shape index (κ3) is 5.63. The van der Waals surface area contributed by atoms with Crippen molar-refractivity contribution in [2.24, 2.45) is 27.8 Å². The largest absolute Gasteiger partial charge is 0.367 e. The number of fused-ring (bicyclic) bond motifs is 1. The van der Waals surface area contributed by atoms with E-state index in [2.05, 4.69) is 15.6 Å². The molecule has 11 heteroatoms. The Morgan fingerprint density at radius 1 is 1.39 bits per heavy atom. The van der Waals surface area contributed by atoms with Crippen LogP contribution in [0.5, 0.6) is 0 Å². The van der Waals surface area contributed by atoms with Crippen LogP contribution in [0.15, 0.2) is 28.3 Å². The molecule has 9 nitrogen and oxygen atoms in total. The highest BCUT2D eigenvalue weighted by molar-refractivity contribution is 5.83. The summed E-state index contributed by atoms with van der Waals surface area (Å²) in [4.78, 5) is 33.9. The summed E-state index contributed by atoms with van der Waals surface area (Å²) in [6.45, 7) is 6.07. The highest BCUT2D eigenvalue weighted by Crippen LogP contribution is 2.37. The Labute approximate surface area is 211 Å². The molecule has 2 amide bonds. The number of hydrogen-bond donors (Lipinski definition) is 4. The molecule has 36 heavy (non-hydrogen) atoms. The SMILES string of the molecule is CCC1(C)C/C=C(F)\C=N/C(C(C(=O)NC2=C(N3CCN4C(=O)CCC4C3)C(F)CNC2)C(N)N)C1. The Balaban J connectivity index is 1.58. The quantitative estimate of drug-likeness (QED) is 0.396. The number of piperazine rings is 1. The van der Waals surface area contributed by atoms with E-state index in [0.29, 0.717) is 50.3 Å². The van der Waals surface area contributed by atoms with Crippen LogP contribution in [0.25, 0.3) is 0 Å². The van der Waals surface area contributed by atoms with E-state index in [1.165, 1.54) is 6.08 Å². The number of allylic oxidation sites excluding steroid dienone is 2. The second-order valence-corrected chi connectivity index (χ2v) is 10.8. The lowest BCUT2D eigenvalue weighted by Crippen LogP contribution is -2.56. The number of rotatable bonds is 6. The first kappa shape index (κ1) is 26.7. The van der Waals surface area contributed by atoms with E-state index >= 15 is 4.39 Å². The molecule has 0 spiro atoms. The third-order valence-corrected chi connectivity index (χ3v) is 8.21. The maximum atomic E-state index is 15.2. The number of carbonyl (C=O) groups is 2. The van der Waals surface area contributed by atoms with Crippen LogP contribution in [0.2, 0.25) is 0 Å². The van der Waals surface area contributed by atoms with E-state index in [0.717, 1.165) is 19.1 Å². The summed E-state index contributed by atoms with van der Waals surface area (Å²) in [5.41, 5.74) is 12.8. The second kappa shape index (κ2) is 10.9. The van der Waals surface area contributed by atoms with Gasteiger partial charge in [-0.1, -0.05) is 20.3 Å². The van der Waals surface area contributed by atoms with E-state index in [1.807, 2.05) is 23.6 Å². The van der Waals surface area contributed by atoms with Crippen LogP contribution in [0, 0.1) is 11.3 Å². The lowest BCUT2D eigenvalue weighted by molar-refractivity contribution is -0.130. The topological polar surface area (TPSA) is 129 Å². The number of carbonyl (C=O) groups excluding carboxylic acids is 2. The highest BCUT2D eigenvalue weighted by atomic mass is 19.1. The minimum absolute atomic E-state index is 0.0573. The van der Waals surface area contributed by atoms with E-state index < -0.39 is 36.0 Å². The first-order valence-electron chi connectivity index (χ1n) is 12.9. The van der Waals surface area contributed by atoms with Gasteiger partial charge in [-0.3, -0.25) is 14.6 Å². The zero-order valence-electron chi connectivity index (χ0n) is 21.2. The zero-order chi connectivity index (χ0) is 26.0. The van der Waals surface area contributed by atoms with Crippen LogP contribution in [-0.4, -0.2) is 85.0 Å². The molecule has 4 rings (SSSR count). The number of halogens is 2. The molecule has 0 aromatic heterocycles. The van der Waals surface area contributed by atoms with Crippen molar-refractivity contribution < 1.29 is 18.4 Å². The van der Waals surface area contributed by atoms with Crippen molar-refractivity contribution in [3.63, 3.8) is 0 Å². The van der Waals surface area contributed by atoms with Crippen LogP contribution in [0.4, 0.5) is 8.78 Å². The summed E-state index contributed by atoms with van der Waals surface area (Å²) in [7, 11) is 0. The molecule has 0 bridgehead atoms. The van der Waals surface area contributed by atoms with Gasteiger partial charge in [0.1, 0.15) is 5.83 Å². The van der Waals surface area contributed by atoms with Gasteiger partial charge in [-0.15, -0.1) is 0 Å². The second-order valence-electron chi connectivity index (χ2n) is 10.8. The van der Waals surface area contributed by atoms with Crippen LogP contribution >= 0.6 is 0 Å². The van der Waals surface area contributed by atoms with Gasteiger partial charge in [0.25, 0.3) is 0 Å². The molecule has 5 unspecified atom stereocenters. The molecule has 4 heterocycles. The molecule has 0 aromatic rings. The standard InChI is InChI=1S/C25H39F2N7O2/c1-3-25(2)7-6-15(26)11-31-18(10-25)21(23(28)29)24(36)32-19-13-30-12-17(27)22(19)33-8-9-34-16(14-33)4-5-20(34)35/h6,11,16-18,21,23,30H,3-5,7-10,12-14,28-29H2,1-2H3,(H,32,36)/b15-6+,31-11-. The van der Waals surface area contributed by atoms with Crippen molar-refractivity contribution in [2.75, 3.05) is 32.7 Å². The fraction of sp³-hybridized carbons (Fsp3) is 0.720. The van der Waals surface area contributed by atoms with Crippen molar-refractivity contribution in [1.82, 2.24) is 20.4 Å². The molecule has 0 saturated carbocycles. The van der Waals surface area contributed by atoms with Crippen molar-refractivity contribution in [1.29, 1.82) is 0 Å². The molecule has 4 aliphatic rings. The summed E-state index contributed by atoms with van der Waals surface area (Å²) in [5, 5.41) is 5.93. The number of alkyl halides is 1. The summed E-state index contributed by atoms with van der Waals surface area (Å²) >= 11 is 0. The molecule has 0 aromatic carbocycles. The van der Waals surface area contributed by atoms with Crippen LogP contribution in [0.3, 0.4) is 0 Å². The van der Waals surface area contributed by atoms with Gasteiger partial charge in [-0.2, -0.15) is 0 Å². The molecule has 6 N–H and O–H groups in total. The highest BCUT2D eigenvalue weighted by Gasteiger charge is 2.41. The number of nitrogens with two attached hydrogens (primary N) is 2. The Hall–Kier alpha value is -2.37. The van der Waals surface area contributed by atoms with Crippen LogP contribution in [0.1, 0.15) is 46.0 Å². The number of nitrogens with one attached hydrogen (secondary N) is 2. The fourth-order valence-corrected chi connectivity index (χ4v) is 5.83. The first-order valence-corrected chi connectivity index (χ1v) is 12.9. The molecular weight excluding hydrogens is 468 g/mol. The van der Waals surface area contributed by atoms with Gasteiger partial charge in [0, 0.05) is 45.2 Å². The normalized spacial score (nSPS) is 34.6. The number of nitrogens with zero attached hydrogens (tertiary/aromatic N) is 3. The maximum absolute atomic E-state index is 15.2. The van der Waals surface area contributed by atoms with Gasteiger partial charge in [-0.25, -0.2) is 8.78 Å². The van der Waals surface area contributed by atoms with Gasteiger partial charge >= 0.3 is 0 Å².